The molecule has 0 fully saturated rings. The van der Waals surface area contributed by atoms with Crippen LogP contribution in [0.4, 0.5) is 0 Å². The summed E-state index contributed by atoms with van der Waals surface area (Å²) in [6.45, 7) is 0. The van der Waals surface area contributed by atoms with E-state index in [1.807, 2.05) is 48.5 Å². The van der Waals surface area contributed by atoms with E-state index >= 15 is 0 Å². The third-order valence-electron chi connectivity index (χ3n) is 2.31. The van der Waals surface area contributed by atoms with Crippen LogP contribution in [0.5, 0.6) is 0 Å². The Hall–Kier alpha value is -1.39. The Morgan fingerprint density at radius 1 is 0.850 bits per heavy atom. The second-order valence-electron chi connectivity index (χ2n) is 3.57. The molecule has 2 heterocycles. The minimum Gasteiger partial charge on any atom is -0.296 e. The van der Waals surface area contributed by atoms with Crippen molar-refractivity contribution in [2.24, 2.45) is 0 Å². The van der Waals surface area contributed by atoms with Crippen molar-refractivity contribution in [3.05, 3.63) is 72.7 Å². The maximum absolute atomic E-state index is 10.4. The molecule has 0 amide bonds. The predicted octanol–water partition coefficient (Wildman–Crippen LogP) is 3.81. The van der Waals surface area contributed by atoms with Crippen molar-refractivity contribution in [3.63, 3.8) is 0 Å². The van der Waals surface area contributed by atoms with Crippen LogP contribution in [0.25, 0.3) is 10.9 Å². The molecule has 104 valence electrons. The van der Waals surface area contributed by atoms with E-state index in [0.29, 0.717) is 5.69 Å². The summed E-state index contributed by atoms with van der Waals surface area (Å²) in [6, 6.07) is 17.0. The molecule has 3 nitrogen and oxygen atoms in total. The van der Waals surface area contributed by atoms with Crippen molar-refractivity contribution in [2.75, 3.05) is 0 Å². The highest BCUT2D eigenvalue weighted by molar-refractivity contribution is 14.0. The van der Waals surface area contributed by atoms with Crippen molar-refractivity contribution in [1.82, 2.24) is 9.97 Å². The molecule has 0 aliphatic rings. The summed E-state index contributed by atoms with van der Waals surface area (Å²) in [5, 5.41) is 1.06. The zero-order valence-corrected chi connectivity index (χ0v) is 14.6. The average molecular weight is 398 g/mol. The third-order valence-corrected chi connectivity index (χ3v) is 2.31. The Labute approximate surface area is 138 Å². The van der Waals surface area contributed by atoms with Crippen molar-refractivity contribution in [3.8, 4) is 0 Å². The molecule has 3 aromatic rings. The van der Waals surface area contributed by atoms with Gasteiger partial charge in [0.25, 0.3) is 0 Å². The molecule has 0 N–H and O–H groups in total. The van der Waals surface area contributed by atoms with E-state index in [-0.39, 0.29) is 33.9 Å². The maximum Gasteiger partial charge on any atom is 0.168 e. The topological polar surface area (TPSA) is 42.9 Å². The van der Waals surface area contributed by atoms with Gasteiger partial charge in [-0.05, 0) is 24.3 Å². The molecule has 0 bridgehead atoms. The Morgan fingerprint density at radius 3 is 2.10 bits per heavy atom. The van der Waals surface area contributed by atoms with Gasteiger partial charge in [0.1, 0.15) is 5.69 Å². The fourth-order valence-electron chi connectivity index (χ4n) is 1.46. The maximum atomic E-state index is 10.4. The lowest BCUT2D eigenvalue weighted by Crippen LogP contribution is -1.85. The van der Waals surface area contributed by atoms with Gasteiger partial charge in [0.2, 0.25) is 0 Å². The van der Waals surface area contributed by atoms with Crippen LogP contribution in [-0.2, 0) is 0 Å². The minimum absolute atomic E-state index is 0. The minimum atomic E-state index is 0. The zero-order chi connectivity index (χ0) is 12.6. The third kappa shape index (κ3) is 5.72. The summed E-state index contributed by atoms with van der Waals surface area (Å²) in [6.07, 6.45) is 4.26. The van der Waals surface area contributed by atoms with Crippen molar-refractivity contribution in [2.45, 2.75) is 0 Å². The second-order valence-corrected chi connectivity index (χ2v) is 3.57. The summed E-state index contributed by atoms with van der Waals surface area (Å²) < 4.78 is 0. The lowest BCUT2D eigenvalue weighted by Gasteiger charge is -1.95. The molecule has 5 heteroatoms. The lowest BCUT2D eigenvalue weighted by atomic mass is 10.2. The molecular formula is C15H16IN2OP. The van der Waals surface area contributed by atoms with Crippen molar-refractivity contribution < 1.29 is 4.79 Å². The van der Waals surface area contributed by atoms with Gasteiger partial charge < -0.3 is 0 Å². The number of nitrogens with zero attached hydrogens (tertiary/aromatic N) is 2. The van der Waals surface area contributed by atoms with E-state index in [1.54, 1.807) is 18.5 Å². The molecule has 0 saturated carbocycles. The molecular weight excluding hydrogens is 382 g/mol. The number of aldehydes is 1. The Morgan fingerprint density at radius 2 is 1.55 bits per heavy atom. The molecule has 0 aliphatic carbocycles. The molecule has 1 atom stereocenters. The van der Waals surface area contributed by atoms with E-state index in [4.69, 9.17) is 0 Å². The smallest absolute Gasteiger partial charge is 0.168 e. The van der Waals surface area contributed by atoms with Gasteiger partial charge in [-0.2, -0.15) is 9.90 Å². The normalized spacial score (nSPS) is 8.40. The number of fused-ring (bicyclic) bond motifs is 1. The first-order valence-electron chi connectivity index (χ1n) is 5.56. The van der Waals surface area contributed by atoms with Crippen LogP contribution in [-0.4, -0.2) is 16.3 Å². The molecule has 0 radical (unpaired) electrons. The number of carbonyl (C=O) groups is 1. The highest BCUT2D eigenvalue weighted by Crippen LogP contribution is 2.10. The largest absolute Gasteiger partial charge is 0.296 e. The Balaban J connectivity index is 0.000000390. The molecule has 1 unspecified atom stereocenters. The van der Waals surface area contributed by atoms with Crippen LogP contribution in [0.1, 0.15) is 10.5 Å². The molecule has 0 saturated heterocycles. The lowest BCUT2D eigenvalue weighted by molar-refractivity contribution is 0.111. The Bertz CT molecular complexity index is 608. The first kappa shape index (κ1) is 18.6. The van der Waals surface area contributed by atoms with E-state index in [0.717, 1.165) is 17.2 Å². The number of hydrogen-bond donors (Lipinski definition) is 0. The number of aromatic nitrogens is 2. The number of pyridine rings is 2. The summed E-state index contributed by atoms with van der Waals surface area (Å²) in [5.74, 6) is 0. The molecule has 3 rings (SSSR count). The number of rotatable bonds is 1. The van der Waals surface area contributed by atoms with Crippen LogP contribution in [0.2, 0.25) is 0 Å². The fourth-order valence-corrected chi connectivity index (χ4v) is 1.46. The van der Waals surface area contributed by atoms with Crippen molar-refractivity contribution >= 4 is 51.1 Å². The quantitative estimate of drug-likeness (QED) is 0.356. The van der Waals surface area contributed by atoms with Crippen molar-refractivity contribution in [1.29, 1.82) is 0 Å². The SMILES string of the molecule is I.O=Cc1ccc2ccccc2n1.P.c1ccncc1. The first-order chi connectivity index (χ1) is 8.90. The number of halogens is 1. The predicted molar refractivity (Wildman–Crippen MR) is 97.9 cm³/mol. The van der Waals surface area contributed by atoms with Crippen LogP contribution in [0, 0.1) is 0 Å². The van der Waals surface area contributed by atoms with Gasteiger partial charge in [0, 0.05) is 17.8 Å². The van der Waals surface area contributed by atoms with Gasteiger partial charge in [-0.3, -0.25) is 9.78 Å². The van der Waals surface area contributed by atoms with E-state index in [1.165, 1.54) is 0 Å². The molecule has 1 aromatic carbocycles. The van der Waals surface area contributed by atoms with Crippen LogP contribution >= 0.6 is 33.9 Å². The number of hydrogen-bond acceptors (Lipinski definition) is 3. The van der Waals surface area contributed by atoms with Crippen LogP contribution in [0.15, 0.2) is 67.0 Å². The number of carbonyl (C=O) groups excluding carboxylic acids is 1. The van der Waals surface area contributed by atoms with Gasteiger partial charge in [0.15, 0.2) is 6.29 Å². The number of para-hydroxylation sites is 1. The van der Waals surface area contributed by atoms with Gasteiger partial charge in [-0.25, -0.2) is 4.98 Å². The zero-order valence-electron chi connectivity index (χ0n) is 10.8. The van der Waals surface area contributed by atoms with Gasteiger partial charge in [-0.1, -0.05) is 30.3 Å². The summed E-state index contributed by atoms with van der Waals surface area (Å²) in [7, 11) is 0. The number of benzene rings is 1. The standard InChI is InChI=1S/C10H7NO.C5H5N.HI.H3P/c12-7-9-6-5-8-3-1-2-4-10(8)11-9;1-2-4-6-5-3-1;;/h1-7H;1-5H;1H;1H3. The van der Waals surface area contributed by atoms with Crippen LogP contribution in [0.3, 0.4) is 0 Å². The fraction of sp³-hybridized carbons (Fsp3) is 0. The monoisotopic (exact) mass is 398 g/mol. The van der Waals surface area contributed by atoms with E-state index in [9.17, 15) is 4.79 Å². The van der Waals surface area contributed by atoms with E-state index in [2.05, 4.69) is 9.97 Å². The second kappa shape index (κ2) is 10.4. The van der Waals surface area contributed by atoms with E-state index < -0.39 is 0 Å². The summed E-state index contributed by atoms with van der Waals surface area (Å²) in [5.41, 5.74) is 1.34. The summed E-state index contributed by atoms with van der Waals surface area (Å²) in [4.78, 5) is 18.3. The highest BCUT2D eigenvalue weighted by Gasteiger charge is 1.94. The molecule has 0 aliphatic heterocycles. The summed E-state index contributed by atoms with van der Waals surface area (Å²) >= 11 is 0. The van der Waals surface area contributed by atoms with Gasteiger partial charge >= 0.3 is 0 Å². The van der Waals surface area contributed by atoms with Gasteiger partial charge in [0.05, 0.1) is 5.52 Å². The van der Waals surface area contributed by atoms with Gasteiger partial charge in [-0.15, -0.1) is 24.0 Å². The molecule has 0 spiro atoms. The first-order valence-corrected chi connectivity index (χ1v) is 5.56. The molecule has 2 aromatic heterocycles. The Kier molecular flexibility index (Phi) is 9.68. The average Bonchev–Trinajstić information content (AvgIpc) is 2.49. The van der Waals surface area contributed by atoms with Crippen LogP contribution < -0.4 is 0 Å². The highest BCUT2D eigenvalue weighted by atomic mass is 127. The molecule has 20 heavy (non-hydrogen) atoms.